The van der Waals surface area contributed by atoms with Gasteiger partial charge in [-0.25, -0.2) is 4.79 Å². The lowest BCUT2D eigenvalue weighted by molar-refractivity contribution is -0.118. The van der Waals surface area contributed by atoms with Crippen molar-refractivity contribution in [2.45, 2.75) is 25.8 Å². The molecule has 17 heavy (non-hydrogen) atoms. The highest BCUT2D eigenvalue weighted by Crippen LogP contribution is 2.04. The molecule has 0 aliphatic rings. The molecule has 5 heteroatoms. The van der Waals surface area contributed by atoms with E-state index < -0.39 is 0 Å². The van der Waals surface area contributed by atoms with Gasteiger partial charge in [-0.1, -0.05) is 18.2 Å². The minimum atomic E-state index is -0.359. The van der Waals surface area contributed by atoms with Crippen LogP contribution in [0.25, 0.3) is 0 Å². The van der Waals surface area contributed by atoms with Crippen LogP contribution < -0.4 is 16.4 Å². The highest BCUT2D eigenvalue weighted by atomic mass is 16.2. The summed E-state index contributed by atoms with van der Waals surface area (Å²) in [5, 5.41) is 5.42. The van der Waals surface area contributed by atoms with Crippen LogP contribution in [0.2, 0.25) is 0 Å². The maximum atomic E-state index is 11.5. The molecule has 1 aromatic rings. The number of anilines is 1. The number of urea groups is 1. The monoisotopic (exact) mass is 235 g/mol. The van der Waals surface area contributed by atoms with Crippen LogP contribution in [0, 0.1) is 0 Å². The predicted octanol–water partition coefficient (Wildman–Crippen LogP) is 1.46. The molecule has 0 aliphatic heterocycles. The summed E-state index contributed by atoms with van der Waals surface area (Å²) < 4.78 is 0. The largest absolute Gasteiger partial charge is 0.370 e. The standard InChI is InChI=1S/C12H17N3O2/c1-9(7-8-11(13)16)14-12(17)15-10-5-3-2-4-6-10/h2-6,9H,7-8H2,1H3,(H2,13,16)(H2,14,15,17)/t9-/m0/s1. The first kappa shape index (κ1) is 13.0. The first-order chi connectivity index (χ1) is 8.08. The maximum Gasteiger partial charge on any atom is 0.319 e. The smallest absolute Gasteiger partial charge is 0.319 e. The first-order valence-corrected chi connectivity index (χ1v) is 5.49. The second-order valence-corrected chi connectivity index (χ2v) is 3.87. The summed E-state index contributed by atoms with van der Waals surface area (Å²) in [4.78, 5) is 22.1. The van der Waals surface area contributed by atoms with Crippen molar-refractivity contribution in [2.24, 2.45) is 5.73 Å². The highest BCUT2D eigenvalue weighted by molar-refractivity contribution is 5.89. The van der Waals surface area contributed by atoms with Gasteiger partial charge in [0.25, 0.3) is 0 Å². The SMILES string of the molecule is C[C@@H](CCC(N)=O)NC(=O)Nc1ccccc1. The van der Waals surface area contributed by atoms with Crippen LogP contribution in [0.15, 0.2) is 30.3 Å². The molecule has 0 saturated carbocycles. The summed E-state index contributed by atoms with van der Waals surface area (Å²) in [6, 6.07) is 8.78. The fraction of sp³-hybridized carbons (Fsp3) is 0.333. The minimum Gasteiger partial charge on any atom is -0.370 e. The molecule has 0 unspecified atom stereocenters. The van der Waals surface area contributed by atoms with E-state index in [9.17, 15) is 9.59 Å². The van der Waals surface area contributed by atoms with E-state index in [2.05, 4.69) is 10.6 Å². The molecule has 0 spiro atoms. The Morgan fingerprint density at radius 1 is 1.29 bits per heavy atom. The topological polar surface area (TPSA) is 84.2 Å². The van der Waals surface area contributed by atoms with Crippen molar-refractivity contribution < 1.29 is 9.59 Å². The van der Waals surface area contributed by atoms with E-state index in [1.165, 1.54) is 0 Å². The van der Waals surface area contributed by atoms with Gasteiger partial charge < -0.3 is 16.4 Å². The number of carbonyl (C=O) groups is 2. The van der Waals surface area contributed by atoms with Gasteiger partial charge in [0.15, 0.2) is 0 Å². The van der Waals surface area contributed by atoms with Gasteiger partial charge in [-0.3, -0.25) is 4.79 Å². The van der Waals surface area contributed by atoms with E-state index in [0.29, 0.717) is 6.42 Å². The molecule has 0 aromatic heterocycles. The van der Waals surface area contributed by atoms with Crippen molar-refractivity contribution in [3.8, 4) is 0 Å². The summed E-state index contributed by atoms with van der Waals surface area (Å²) in [5.74, 6) is -0.359. The Hall–Kier alpha value is -2.04. The molecule has 0 heterocycles. The number of carbonyl (C=O) groups excluding carboxylic acids is 2. The molecule has 5 nitrogen and oxygen atoms in total. The zero-order valence-electron chi connectivity index (χ0n) is 9.77. The Balaban J connectivity index is 2.32. The van der Waals surface area contributed by atoms with Gasteiger partial charge in [0.05, 0.1) is 0 Å². The summed E-state index contributed by atoms with van der Waals surface area (Å²) in [5.41, 5.74) is 5.76. The Labute approximate surface area is 100 Å². The Bertz CT molecular complexity index is 379. The maximum absolute atomic E-state index is 11.5. The second kappa shape index (κ2) is 6.52. The summed E-state index contributed by atoms with van der Waals surface area (Å²) in [6.45, 7) is 1.83. The van der Waals surface area contributed by atoms with Gasteiger partial charge in [-0.2, -0.15) is 0 Å². The molecular formula is C12H17N3O2. The Kier molecular flexibility index (Phi) is 5.00. The number of rotatable bonds is 5. The molecule has 0 fully saturated rings. The number of para-hydroxylation sites is 1. The summed E-state index contributed by atoms with van der Waals surface area (Å²) in [6.07, 6.45) is 0.810. The van der Waals surface area contributed by atoms with Crippen LogP contribution in [0.4, 0.5) is 10.5 Å². The third kappa shape index (κ3) is 5.55. The van der Waals surface area contributed by atoms with E-state index in [-0.39, 0.29) is 24.4 Å². The van der Waals surface area contributed by atoms with Crippen LogP contribution >= 0.6 is 0 Å². The van der Waals surface area contributed by atoms with Gasteiger partial charge in [-0.15, -0.1) is 0 Å². The number of nitrogens with two attached hydrogens (primary N) is 1. The van der Waals surface area contributed by atoms with E-state index in [4.69, 9.17) is 5.73 Å². The minimum absolute atomic E-state index is 0.0915. The van der Waals surface area contributed by atoms with Crippen LogP contribution in [-0.4, -0.2) is 18.0 Å². The number of nitrogens with one attached hydrogen (secondary N) is 2. The fourth-order valence-corrected chi connectivity index (χ4v) is 1.34. The average Bonchev–Trinajstić information content (AvgIpc) is 2.27. The molecule has 4 N–H and O–H groups in total. The predicted molar refractivity (Wildman–Crippen MR) is 66.5 cm³/mol. The van der Waals surface area contributed by atoms with Crippen molar-refractivity contribution in [3.05, 3.63) is 30.3 Å². The number of hydrogen-bond acceptors (Lipinski definition) is 2. The van der Waals surface area contributed by atoms with Crippen LogP contribution in [0.5, 0.6) is 0 Å². The lowest BCUT2D eigenvalue weighted by Crippen LogP contribution is -2.36. The quantitative estimate of drug-likeness (QED) is 0.721. The van der Waals surface area contributed by atoms with E-state index in [1.807, 2.05) is 25.1 Å². The van der Waals surface area contributed by atoms with Crippen molar-refractivity contribution in [3.63, 3.8) is 0 Å². The molecule has 92 valence electrons. The molecule has 1 aromatic carbocycles. The molecule has 0 bridgehead atoms. The lowest BCUT2D eigenvalue weighted by atomic mass is 10.2. The van der Waals surface area contributed by atoms with Crippen LogP contribution in [0.3, 0.4) is 0 Å². The van der Waals surface area contributed by atoms with Crippen molar-refractivity contribution >= 4 is 17.6 Å². The molecule has 0 aliphatic carbocycles. The van der Waals surface area contributed by atoms with E-state index >= 15 is 0 Å². The number of benzene rings is 1. The number of hydrogen-bond donors (Lipinski definition) is 3. The molecule has 0 saturated heterocycles. The molecule has 0 radical (unpaired) electrons. The van der Waals surface area contributed by atoms with Gasteiger partial charge in [-0.05, 0) is 25.5 Å². The molecule has 1 atom stereocenters. The molecule has 1 rings (SSSR count). The fourth-order valence-electron chi connectivity index (χ4n) is 1.34. The van der Waals surface area contributed by atoms with Crippen molar-refractivity contribution in [2.75, 3.05) is 5.32 Å². The number of primary amides is 1. The van der Waals surface area contributed by atoms with Crippen molar-refractivity contribution in [1.82, 2.24) is 5.32 Å². The second-order valence-electron chi connectivity index (χ2n) is 3.87. The third-order valence-corrected chi connectivity index (χ3v) is 2.23. The van der Waals surface area contributed by atoms with Gasteiger partial charge in [0, 0.05) is 18.2 Å². The Morgan fingerprint density at radius 3 is 2.53 bits per heavy atom. The third-order valence-electron chi connectivity index (χ3n) is 2.23. The van der Waals surface area contributed by atoms with E-state index in [0.717, 1.165) is 5.69 Å². The van der Waals surface area contributed by atoms with Gasteiger partial charge in [0.2, 0.25) is 5.91 Å². The zero-order valence-corrected chi connectivity index (χ0v) is 9.77. The lowest BCUT2D eigenvalue weighted by Gasteiger charge is -2.13. The van der Waals surface area contributed by atoms with E-state index in [1.54, 1.807) is 12.1 Å². The van der Waals surface area contributed by atoms with Crippen LogP contribution in [-0.2, 0) is 4.79 Å². The van der Waals surface area contributed by atoms with Gasteiger partial charge in [0.1, 0.15) is 0 Å². The Morgan fingerprint density at radius 2 is 1.94 bits per heavy atom. The molecular weight excluding hydrogens is 218 g/mol. The summed E-state index contributed by atoms with van der Waals surface area (Å²) >= 11 is 0. The first-order valence-electron chi connectivity index (χ1n) is 5.49. The molecule has 3 amide bonds. The highest BCUT2D eigenvalue weighted by Gasteiger charge is 2.08. The normalized spacial score (nSPS) is 11.6. The van der Waals surface area contributed by atoms with Gasteiger partial charge >= 0.3 is 6.03 Å². The summed E-state index contributed by atoms with van der Waals surface area (Å²) in [7, 11) is 0. The van der Waals surface area contributed by atoms with Crippen molar-refractivity contribution in [1.29, 1.82) is 0 Å². The number of amides is 3. The van der Waals surface area contributed by atoms with Crippen LogP contribution in [0.1, 0.15) is 19.8 Å². The average molecular weight is 235 g/mol. The zero-order chi connectivity index (χ0) is 12.7.